The Morgan fingerprint density at radius 2 is 1.77 bits per heavy atom. The van der Waals surface area contributed by atoms with Gasteiger partial charge in [0, 0.05) is 19.2 Å². The van der Waals surface area contributed by atoms with Crippen LogP contribution in [-0.4, -0.2) is 40.4 Å². The molecule has 0 spiro atoms. The van der Waals surface area contributed by atoms with Crippen LogP contribution in [0.1, 0.15) is 11.1 Å². The van der Waals surface area contributed by atoms with Gasteiger partial charge in [0.25, 0.3) is 0 Å². The molecule has 0 radical (unpaired) electrons. The van der Waals surface area contributed by atoms with Crippen molar-refractivity contribution in [1.82, 2.24) is 10.6 Å². The molecule has 6 nitrogen and oxygen atoms in total. The molecule has 0 fully saturated rings. The first kappa shape index (κ1) is 19.4. The van der Waals surface area contributed by atoms with Crippen molar-refractivity contribution in [2.45, 2.75) is 13.5 Å². The molecule has 2 rings (SSSR count). The lowest BCUT2D eigenvalue weighted by Gasteiger charge is -2.15. The minimum Gasteiger partial charge on any atom is -0.493 e. The van der Waals surface area contributed by atoms with E-state index in [2.05, 4.69) is 22.5 Å². The van der Waals surface area contributed by atoms with Gasteiger partial charge in [-0.2, -0.15) is 0 Å². The molecule has 0 saturated carbocycles. The summed E-state index contributed by atoms with van der Waals surface area (Å²) in [5, 5.41) is 6.49. The number of nitrogens with one attached hydrogen (secondary N) is 2. The van der Waals surface area contributed by atoms with Crippen molar-refractivity contribution >= 4 is 5.96 Å². The standard InChI is InChI=1S/C20H27N3O3/c1-15-8-10-17(11-9-15)26-13-12-22-20(21-2)23-14-16-6-5-7-18(24-3)19(16)25-4/h5-11H,12-14H2,1-4H3,(H2,21,22,23). The van der Waals surface area contributed by atoms with Gasteiger partial charge in [-0.15, -0.1) is 0 Å². The van der Waals surface area contributed by atoms with Crippen LogP contribution in [0.3, 0.4) is 0 Å². The van der Waals surface area contributed by atoms with E-state index in [0.717, 1.165) is 17.1 Å². The molecule has 140 valence electrons. The van der Waals surface area contributed by atoms with Crippen LogP contribution >= 0.6 is 0 Å². The molecule has 0 aliphatic carbocycles. The largest absolute Gasteiger partial charge is 0.493 e. The van der Waals surface area contributed by atoms with Gasteiger partial charge < -0.3 is 24.8 Å². The van der Waals surface area contributed by atoms with Crippen molar-refractivity contribution in [2.24, 2.45) is 4.99 Å². The maximum absolute atomic E-state index is 5.70. The fraction of sp³-hybridized carbons (Fsp3) is 0.350. The van der Waals surface area contributed by atoms with Crippen LogP contribution in [-0.2, 0) is 6.54 Å². The van der Waals surface area contributed by atoms with Gasteiger partial charge in [-0.05, 0) is 25.1 Å². The molecule has 0 bridgehead atoms. The van der Waals surface area contributed by atoms with Gasteiger partial charge in [0.2, 0.25) is 0 Å². The number of hydrogen-bond acceptors (Lipinski definition) is 4. The smallest absolute Gasteiger partial charge is 0.191 e. The quantitative estimate of drug-likeness (QED) is 0.432. The third kappa shape index (κ3) is 5.58. The molecule has 0 amide bonds. The summed E-state index contributed by atoms with van der Waals surface area (Å²) in [4.78, 5) is 4.22. The maximum atomic E-state index is 5.70. The molecule has 26 heavy (non-hydrogen) atoms. The minimum atomic E-state index is 0.548. The van der Waals surface area contributed by atoms with Gasteiger partial charge >= 0.3 is 0 Å². The first-order valence-electron chi connectivity index (χ1n) is 8.51. The summed E-state index contributed by atoms with van der Waals surface area (Å²) < 4.78 is 16.5. The number of para-hydroxylation sites is 1. The summed E-state index contributed by atoms with van der Waals surface area (Å²) in [7, 11) is 5.00. The monoisotopic (exact) mass is 357 g/mol. The Labute approximate surface area is 155 Å². The third-order valence-corrected chi connectivity index (χ3v) is 3.84. The van der Waals surface area contributed by atoms with Crippen LogP contribution in [0.25, 0.3) is 0 Å². The second-order valence-electron chi connectivity index (χ2n) is 5.67. The molecule has 0 aliphatic rings. The molecule has 6 heteroatoms. The lowest BCUT2D eigenvalue weighted by atomic mass is 10.2. The summed E-state index contributed by atoms with van der Waals surface area (Å²) in [6.07, 6.45) is 0. The molecular formula is C20H27N3O3. The molecule has 0 unspecified atom stereocenters. The van der Waals surface area contributed by atoms with Gasteiger partial charge in [-0.1, -0.05) is 29.8 Å². The van der Waals surface area contributed by atoms with Crippen molar-refractivity contribution in [3.8, 4) is 17.2 Å². The topological polar surface area (TPSA) is 64.1 Å². The summed E-state index contributed by atoms with van der Waals surface area (Å²) in [5.74, 6) is 2.99. The number of guanidine groups is 1. The predicted octanol–water partition coefficient (Wildman–Crippen LogP) is 2.76. The number of nitrogens with zero attached hydrogens (tertiary/aromatic N) is 1. The Balaban J connectivity index is 1.80. The van der Waals surface area contributed by atoms with Crippen molar-refractivity contribution in [1.29, 1.82) is 0 Å². The molecular weight excluding hydrogens is 330 g/mol. The summed E-state index contributed by atoms with van der Waals surface area (Å²) in [6, 6.07) is 13.8. The fourth-order valence-electron chi connectivity index (χ4n) is 2.47. The van der Waals surface area contributed by atoms with Crippen molar-refractivity contribution in [3.63, 3.8) is 0 Å². The normalized spacial score (nSPS) is 11.0. The number of methoxy groups -OCH3 is 2. The highest BCUT2D eigenvalue weighted by Gasteiger charge is 2.09. The van der Waals surface area contributed by atoms with Crippen LogP contribution in [0.4, 0.5) is 0 Å². The Kier molecular flexibility index (Phi) is 7.61. The van der Waals surface area contributed by atoms with E-state index in [4.69, 9.17) is 14.2 Å². The van der Waals surface area contributed by atoms with E-state index in [-0.39, 0.29) is 0 Å². The van der Waals surface area contributed by atoms with Gasteiger partial charge in [0.05, 0.1) is 20.8 Å². The van der Waals surface area contributed by atoms with Crippen LogP contribution in [0, 0.1) is 6.92 Å². The number of rotatable bonds is 8. The molecule has 0 aliphatic heterocycles. The SMILES string of the molecule is CN=C(NCCOc1ccc(C)cc1)NCc1cccc(OC)c1OC. The second kappa shape index (κ2) is 10.2. The highest BCUT2D eigenvalue weighted by Crippen LogP contribution is 2.30. The van der Waals surface area contributed by atoms with E-state index in [1.165, 1.54) is 5.56 Å². The summed E-state index contributed by atoms with van der Waals surface area (Å²) in [5.41, 5.74) is 2.21. The van der Waals surface area contributed by atoms with E-state index in [1.807, 2.05) is 42.5 Å². The first-order chi connectivity index (χ1) is 12.7. The van der Waals surface area contributed by atoms with Crippen LogP contribution in [0.5, 0.6) is 17.2 Å². The summed E-state index contributed by atoms with van der Waals surface area (Å²) in [6.45, 7) is 3.81. The molecule has 0 heterocycles. The maximum Gasteiger partial charge on any atom is 0.191 e. The van der Waals surface area contributed by atoms with E-state index in [1.54, 1.807) is 21.3 Å². The van der Waals surface area contributed by atoms with Crippen molar-refractivity contribution in [3.05, 3.63) is 53.6 Å². The minimum absolute atomic E-state index is 0.548. The van der Waals surface area contributed by atoms with Crippen LogP contribution in [0.15, 0.2) is 47.5 Å². The Morgan fingerprint density at radius 1 is 1.00 bits per heavy atom. The fourth-order valence-corrected chi connectivity index (χ4v) is 2.47. The van der Waals surface area contributed by atoms with E-state index < -0.39 is 0 Å². The van der Waals surface area contributed by atoms with Crippen LogP contribution < -0.4 is 24.8 Å². The van der Waals surface area contributed by atoms with Crippen molar-refractivity contribution < 1.29 is 14.2 Å². The number of ether oxygens (including phenoxy) is 3. The molecule has 0 atom stereocenters. The highest BCUT2D eigenvalue weighted by molar-refractivity contribution is 5.79. The zero-order valence-corrected chi connectivity index (χ0v) is 15.8. The Morgan fingerprint density at radius 3 is 2.42 bits per heavy atom. The van der Waals surface area contributed by atoms with E-state index in [0.29, 0.717) is 31.4 Å². The first-order valence-corrected chi connectivity index (χ1v) is 8.51. The van der Waals surface area contributed by atoms with Crippen LogP contribution in [0.2, 0.25) is 0 Å². The highest BCUT2D eigenvalue weighted by atomic mass is 16.5. The van der Waals surface area contributed by atoms with Crippen molar-refractivity contribution in [2.75, 3.05) is 34.4 Å². The van der Waals surface area contributed by atoms with Gasteiger partial charge in [0.15, 0.2) is 17.5 Å². The molecule has 0 aromatic heterocycles. The molecule has 2 N–H and O–H groups in total. The van der Waals surface area contributed by atoms with E-state index in [9.17, 15) is 0 Å². The van der Waals surface area contributed by atoms with E-state index >= 15 is 0 Å². The number of hydrogen-bond donors (Lipinski definition) is 2. The van der Waals surface area contributed by atoms with Gasteiger partial charge in [0.1, 0.15) is 12.4 Å². The third-order valence-electron chi connectivity index (χ3n) is 3.84. The number of aryl methyl sites for hydroxylation is 1. The Hall–Kier alpha value is -2.89. The number of benzene rings is 2. The van der Waals surface area contributed by atoms with Gasteiger partial charge in [-0.3, -0.25) is 4.99 Å². The molecule has 2 aromatic rings. The van der Waals surface area contributed by atoms with Gasteiger partial charge in [-0.25, -0.2) is 0 Å². The average molecular weight is 357 g/mol. The lowest BCUT2D eigenvalue weighted by Crippen LogP contribution is -2.38. The number of aliphatic imine (C=N–C) groups is 1. The zero-order valence-electron chi connectivity index (χ0n) is 15.8. The Bertz CT molecular complexity index is 715. The molecule has 0 saturated heterocycles. The molecule has 2 aromatic carbocycles. The predicted molar refractivity (Wildman–Crippen MR) is 104 cm³/mol. The summed E-state index contributed by atoms with van der Waals surface area (Å²) >= 11 is 0. The lowest BCUT2D eigenvalue weighted by molar-refractivity contribution is 0.322. The zero-order chi connectivity index (χ0) is 18.8. The second-order valence-corrected chi connectivity index (χ2v) is 5.67. The average Bonchev–Trinajstić information content (AvgIpc) is 2.68.